The predicted molar refractivity (Wildman–Crippen MR) is 115 cm³/mol. The molecule has 1 heterocycles. The standard InChI is InChI=1S/C22H26ClN3O3/c1-22(2,3)14-4-8-16(9-5-14)24-20(28)19-12-18(27)13-26(19)21(29)25-17-10-6-15(23)7-11-17/h4-11,18-19,27H,12-13H2,1-3H3,(H,24,28)(H,25,29)/t18-,19-/m1/s1. The van der Waals surface area contributed by atoms with Crippen molar-refractivity contribution < 1.29 is 14.7 Å². The van der Waals surface area contributed by atoms with Crippen LogP contribution in [0.2, 0.25) is 5.02 Å². The number of rotatable bonds is 3. The van der Waals surface area contributed by atoms with Gasteiger partial charge in [-0.1, -0.05) is 44.5 Å². The molecule has 3 rings (SSSR count). The number of carbonyl (C=O) groups is 2. The first-order valence-electron chi connectivity index (χ1n) is 9.56. The Bertz CT molecular complexity index is 876. The number of aliphatic hydroxyl groups excluding tert-OH is 1. The summed E-state index contributed by atoms with van der Waals surface area (Å²) in [5.74, 6) is -0.323. The number of urea groups is 1. The molecule has 0 saturated carbocycles. The first kappa shape index (κ1) is 21.1. The fourth-order valence-corrected chi connectivity index (χ4v) is 3.42. The van der Waals surface area contributed by atoms with Crippen molar-refractivity contribution in [2.24, 2.45) is 0 Å². The maximum absolute atomic E-state index is 12.8. The lowest BCUT2D eigenvalue weighted by Crippen LogP contribution is -2.45. The zero-order valence-electron chi connectivity index (χ0n) is 16.8. The van der Waals surface area contributed by atoms with Gasteiger partial charge in [-0.25, -0.2) is 4.79 Å². The number of halogens is 1. The fraction of sp³-hybridized carbons (Fsp3) is 0.364. The van der Waals surface area contributed by atoms with Gasteiger partial charge in [0.05, 0.1) is 6.10 Å². The van der Waals surface area contributed by atoms with Gasteiger partial charge in [-0.2, -0.15) is 0 Å². The van der Waals surface area contributed by atoms with Crippen molar-refractivity contribution in [1.29, 1.82) is 0 Å². The third-order valence-corrected chi connectivity index (χ3v) is 5.21. The molecule has 1 aliphatic heterocycles. The lowest BCUT2D eigenvalue weighted by atomic mass is 9.87. The zero-order valence-corrected chi connectivity index (χ0v) is 17.5. The van der Waals surface area contributed by atoms with Crippen molar-refractivity contribution in [3.05, 3.63) is 59.1 Å². The minimum absolute atomic E-state index is 0.0225. The Balaban J connectivity index is 1.68. The molecule has 2 aromatic rings. The highest BCUT2D eigenvalue weighted by Gasteiger charge is 2.39. The van der Waals surface area contributed by atoms with E-state index in [1.165, 1.54) is 4.90 Å². The van der Waals surface area contributed by atoms with Crippen molar-refractivity contribution in [1.82, 2.24) is 4.90 Å². The number of hydrogen-bond donors (Lipinski definition) is 3. The van der Waals surface area contributed by atoms with Crippen molar-refractivity contribution in [2.45, 2.75) is 44.8 Å². The second-order valence-corrected chi connectivity index (χ2v) is 8.75. The lowest BCUT2D eigenvalue weighted by molar-refractivity contribution is -0.119. The highest BCUT2D eigenvalue weighted by atomic mass is 35.5. The van der Waals surface area contributed by atoms with E-state index in [0.717, 1.165) is 5.56 Å². The predicted octanol–water partition coefficient (Wildman–Crippen LogP) is 4.24. The number of nitrogens with zero attached hydrogens (tertiary/aromatic N) is 1. The number of likely N-dealkylation sites (tertiary alicyclic amines) is 1. The van der Waals surface area contributed by atoms with Crippen molar-refractivity contribution >= 4 is 34.9 Å². The Morgan fingerprint density at radius 3 is 2.14 bits per heavy atom. The number of aliphatic hydroxyl groups is 1. The molecule has 0 aliphatic carbocycles. The molecule has 0 unspecified atom stereocenters. The minimum atomic E-state index is -0.750. The summed E-state index contributed by atoms with van der Waals surface area (Å²) in [5, 5.41) is 16.2. The van der Waals surface area contributed by atoms with Crippen molar-refractivity contribution in [3.8, 4) is 0 Å². The normalized spacial score (nSPS) is 19.1. The van der Waals surface area contributed by atoms with Gasteiger partial charge in [0.1, 0.15) is 6.04 Å². The smallest absolute Gasteiger partial charge is 0.322 e. The molecule has 1 fully saturated rings. The quantitative estimate of drug-likeness (QED) is 0.701. The Morgan fingerprint density at radius 1 is 1.00 bits per heavy atom. The fourth-order valence-electron chi connectivity index (χ4n) is 3.29. The monoisotopic (exact) mass is 415 g/mol. The number of nitrogens with one attached hydrogen (secondary N) is 2. The van der Waals surface area contributed by atoms with Crippen LogP contribution in [0.1, 0.15) is 32.8 Å². The maximum Gasteiger partial charge on any atom is 0.322 e. The highest BCUT2D eigenvalue weighted by molar-refractivity contribution is 6.30. The van der Waals surface area contributed by atoms with Gasteiger partial charge in [-0.15, -0.1) is 0 Å². The molecule has 3 N–H and O–H groups in total. The van der Waals surface area contributed by atoms with Gasteiger partial charge in [0.15, 0.2) is 0 Å². The number of carbonyl (C=O) groups excluding carboxylic acids is 2. The summed E-state index contributed by atoms with van der Waals surface area (Å²) < 4.78 is 0. The third-order valence-electron chi connectivity index (χ3n) is 4.96. The first-order valence-corrected chi connectivity index (χ1v) is 9.94. The summed E-state index contributed by atoms with van der Waals surface area (Å²) >= 11 is 5.86. The second kappa shape index (κ2) is 8.43. The second-order valence-electron chi connectivity index (χ2n) is 8.31. The van der Waals surface area contributed by atoms with E-state index in [2.05, 4.69) is 31.4 Å². The van der Waals surface area contributed by atoms with E-state index >= 15 is 0 Å². The van der Waals surface area contributed by atoms with Gasteiger partial charge in [0.2, 0.25) is 5.91 Å². The summed E-state index contributed by atoms with van der Waals surface area (Å²) in [4.78, 5) is 26.8. The number of anilines is 2. The SMILES string of the molecule is CC(C)(C)c1ccc(NC(=O)[C@H]2C[C@@H](O)CN2C(=O)Nc2ccc(Cl)cc2)cc1. The summed E-state index contributed by atoms with van der Waals surface area (Å²) in [6, 6.07) is 13.2. The van der Waals surface area contributed by atoms with Crippen LogP contribution in [-0.4, -0.2) is 40.6 Å². The van der Waals surface area contributed by atoms with Gasteiger partial charge in [0, 0.05) is 29.4 Å². The molecule has 2 aromatic carbocycles. The number of hydrogen-bond acceptors (Lipinski definition) is 3. The van der Waals surface area contributed by atoms with Gasteiger partial charge in [0.25, 0.3) is 0 Å². The van der Waals surface area contributed by atoms with E-state index in [1.54, 1.807) is 24.3 Å². The van der Waals surface area contributed by atoms with Gasteiger partial charge < -0.3 is 20.6 Å². The molecule has 7 heteroatoms. The molecule has 1 aliphatic rings. The van der Waals surface area contributed by atoms with E-state index in [-0.39, 0.29) is 24.3 Å². The average Bonchev–Trinajstić information content (AvgIpc) is 3.05. The van der Waals surface area contributed by atoms with E-state index in [4.69, 9.17) is 11.6 Å². The topological polar surface area (TPSA) is 81.7 Å². The number of benzene rings is 2. The van der Waals surface area contributed by atoms with Gasteiger partial charge >= 0.3 is 6.03 Å². The number of β-amino-alcohol motifs (C(OH)–C–C–N with tert-alkyl or cyclic N) is 1. The molecule has 0 aromatic heterocycles. The van der Waals surface area contributed by atoms with Crippen LogP contribution in [0.15, 0.2) is 48.5 Å². The first-order chi connectivity index (χ1) is 13.6. The van der Waals surface area contributed by atoms with E-state index in [9.17, 15) is 14.7 Å². The van der Waals surface area contributed by atoms with Crippen LogP contribution in [0.5, 0.6) is 0 Å². The van der Waals surface area contributed by atoms with E-state index in [0.29, 0.717) is 16.4 Å². The van der Waals surface area contributed by atoms with E-state index in [1.807, 2.05) is 24.3 Å². The lowest BCUT2D eigenvalue weighted by Gasteiger charge is -2.24. The average molecular weight is 416 g/mol. The Hall–Kier alpha value is -2.57. The third kappa shape index (κ3) is 5.28. The van der Waals surface area contributed by atoms with Crippen LogP contribution in [0, 0.1) is 0 Å². The molecule has 0 spiro atoms. The maximum atomic E-state index is 12.8. The number of amides is 3. The van der Waals surface area contributed by atoms with Crippen LogP contribution >= 0.6 is 11.6 Å². The summed E-state index contributed by atoms with van der Waals surface area (Å²) in [5.41, 5.74) is 2.41. The Labute approximate surface area is 175 Å². The highest BCUT2D eigenvalue weighted by Crippen LogP contribution is 2.25. The Morgan fingerprint density at radius 2 is 1.55 bits per heavy atom. The molecule has 2 atom stereocenters. The summed E-state index contributed by atoms with van der Waals surface area (Å²) in [6.45, 7) is 6.47. The van der Waals surface area contributed by atoms with Gasteiger partial charge in [-0.05, 0) is 47.4 Å². The van der Waals surface area contributed by atoms with Gasteiger partial charge in [-0.3, -0.25) is 4.79 Å². The largest absolute Gasteiger partial charge is 0.391 e. The van der Waals surface area contributed by atoms with Crippen LogP contribution in [0.4, 0.5) is 16.2 Å². The summed E-state index contributed by atoms with van der Waals surface area (Å²) in [7, 11) is 0. The van der Waals surface area contributed by atoms with Crippen LogP contribution in [0.25, 0.3) is 0 Å². The Kier molecular flexibility index (Phi) is 6.15. The molecule has 3 amide bonds. The van der Waals surface area contributed by atoms with E-state index < -0.39 is 18.2 Å². The van der Waals surface area contributed by atoms with Crippen LogP contribution < -0.4 is 10.6 Å². The molecule has 0 radical (unpaired) electrons. The summed E-state index contributed by atoms with van der Waals surface area (Å²) in [6.07, 6.45) is -0.551. The molecule has 29 heavy (non-hydrogen) atoms. The van der Waals surface area contributed by atoms with Crippen molar-refractivity contribution in [3.63, 3.8) is 0 Å². The van der Waals surface area contributed by atoms with Crippen LogP contribution in [-0.2, 0) is 10.2 Å². The minimum Gasteiger partial charge on any atom is -0.391 e. The molecule has 1 saturated heterocycles. The molecular formula is C22H26ClN3O3. The molecule has 0 bridgehead atoms. The molecule has 6 nitrogen and oxygen atoms in total. The van der Waals surface area contributed by atoms with Crippen LogP contribution in [0.3, 0.4) is 0 Å². The van der Waals surface area contributed by atoms with Crippen molar-refractivity contribution in [2.75, 3.05) is 17.2 Å². The molecular weight excluding hydrogens is 390 g/mol. The molecule has 154 valence electrons. The zero-order chi connectivity index (χ0) is 21.2.